The Hall–Kier alpha value is -6.64. The molecule has 2 heterocycles. The molecule has 0 radical (unpaired) electrons. The van der Waals surface area contributed by atoms with E-state index in [9.17, 15) is 0 Å². The van der Waals surface area contributed by atoms with Gasteiger partial charge in [-0.05, 0) is 102 Å². The second-order valence-electron chi connectivity index (χ2n) is 15.1. The van der Waals surface area contributed by atoms with Crippen LogP contribution in [0.5, 0.6) is 0 Å². The maximum atomic E-state index is 6.65. The highest BCUT2D eigenvalue weighted by molar-refractivity contribution is 6.26. The standard InChI is InChI=1S/C51H32O2/c1-51(2)40-27-24-29-22-25-36-31-12-7-9-19-42(31)53-50(36)46(29)49(40)37-26-23-30(28-41(37)51)45-32-13-3-5-15-34(32)47(35-16-6-4-14-33(35)45)39-18-11-21-44-48(39)38-17-8-10-20-43(38)52-44/h3-28H,1-2H3. The van der Waals surface area contributed by atoms with E-state index in [2.05, 4.69) is 166 Å². The molecule has 53 heavy (non-hydrogen) atoms. The smallest absolute Gasteiger partial charge is 0.143 e. The van der Waals surface area contributed by atoms with Crippen molar-refractivity contribution in [3.05, 3.63) is 169 Å². The van der Waals surface area contributed by atoms with E-state index in [0.717, 1.165) is 38.5 Å². The van der Waals surface area contributed by atoms with E-state index in [0.29, 0.717) is 0 Å². The van der Waals surface area contributed by atoms with Gasteiger partial charge in [0.1, 0.15) is 22.3 Å². The first-order chi connectivity index (χ1) is 26.1. The van der Waals surface area contributed by atoms with Crippen LogP contribution in [0.4, 0.5) is 0 Å². The quantitative estimate of drug-likeness (QED) is 0.170. The summed E-state index contributed by atoms with van der Waals surface area (Å²) in [6, 6.07) is 57.4. The molecule has 9 aromatic carbocycles. The minimum absolute atomic E-state index is 0.202. The van der Waals surface area contributed by atoms with Gasteiger partial charge >= 0.3 is 0 Å². The molecule has 1 aliphatic carbocycles. The molecule has 2 nitrogen and oxygen atoms in total. The van der Waals surface area contributed by atoms with Gasteiger partial charge < -0.3 is 8.83 Å². The van der Waals surface area contributed by atoms with Gasteiger partial charge in [-0.15, -0.1) is 0 Å². The van der Waals surface area contributed by atoms with Crippen molar-refractivity contribution >= 4 is 76.2 Å². The molecule has 0 atom stereocenters. The summed E-state index contributed by atoms with van der Waals surface area (Å²) >= 11 is 0. The van der Waals surface area contributed by atoms with Crippen molar-refractivity contribution < 1.29 is 8.83 Å². The first-order valence-electron chi connectivity index (χ1n) is 18.4. The summed E-state index contributed by atoms with van der Waals surface area (Å²) in [4.78, 5) is 0. The Kier molecular flexibility index (Phi) is 5.60. The third-order valence-electron chi connectivity index (χ3n) is 12.1. The molecule has 2 aromatic heterocycles. The fourth-order valence-corrected chi connectivity index (χ4v) is 9.69. The first kappa shape index (κ1) is 29.0. The summed E-state index contributed by atoms with van der Waals surface area (Å²) in [5, 5.41) is 12.0. The van der Waals surface area contributed by atoms with E-state index in [4.69, 9.17) is 8.83 Å². The molecular weight excluding hydrogens is 645 g/mol. The van der Waals surface area contributed by atoms with Crippen molar-refractivity contribution in [3.8, 4) is 33.4 Å². The van der Waals surface area contributed by atoms with Gasteiger partial charge in [0, 0.05) is 32.3 Å². The summed E-state index contributed by atoms with van der Waals surface area (Å²) in [5.74, 6) is 0. The molecule has 0 bridgehead atoms. The molecule has 0 saturated heterocycles. The normalized spacial score (nSPS) is 13.6. The molecular formula is C51H32O2. The maximum absolute atomic E-state index is 6.65. The van der Waals surface area contributed by atoms with Crippen LogP contribution < -0.4 is 0 Å². The van der Waals surface area contributed by atoms with Crippen molar-refractivity contribution in [1.82, 2.24) is 0 Å². The summed E-state index contributed by atoms with van der Waals surface area (Å²) in [5.41, 5.74) is 13.7. The zero-order valence-corrected chi connectivity index (χ0v) is 29.3. The number of fused-ring (bicyclic) bond motifs is 14. The molecule has 0 N–H and O–H groups in total. The first-order valence-corrected chi connectivity index (χ1v) is 18.4. The SMILES string of the molecule is CC1(C)c2cc(-c3c4ccccc4c(-c4cccc5oc6ccccc6c45)c4ccccc34)ccc2-c2c1ccc1ccc3c4ccccc4oc3c21. The zero-order valence-electron chi connectivity index (χ0n) is 29.3. The average molecular weight is 677 g/mol. The Morgan fingerprint density at radius 2 is 0.981 bits per heavy atom. The second-order valence-corrected chi connectivity index (χ2v) is 15.1. The maximum Gasteiger partial charge on any atom is 0.143 e. The third kappa shape index (κ3) is 3.77. The topological polar surface area (TPSA) is 26.3 Å². The summed E-state index contributed by atoms with van der Waals surface area (Å²) < 4.78 is 13.0. The summed E-state index contributed by atoms with van der Waals surface area (Å²) in [6.07, 6.45) is 0. The van der Waals surface area contributed by atoms with E-state index in [1.54, 1.807) is 0 Å². The molecule has 0 unspecified atom stereocenters. The van der Waals surface area contributed by atoms with Gasteiger partial charge in [-0.2, -0.15) is 0 Å². The Bertz CT molecular complexity index is 3310. The van der Waals surface area contributed by atoms with Crippen molar-refractivity contribution in [1.29, 1.82) is 0 Å². The van der Waals surface area contributed by atoms with Gasteiger partial charge in [-0.25, -0.2) is 0 Å². The lowest BCUT2D eigenvalue weighted by Crippen LogP contribution is -2.15. The van der Waals surface area contributed by atoms with Crippen LogP contribution in [-0.4, -0.2) is 0 Å². The van der Waals surface area contributed by atoms with Crippen LogP contribution in [0.15, 0.2) is 167 Å². The Labute approximate surface area is 305 Å². The average Bonchev–Trinajstić information content (AvgIpc) is 3.84. The van der Waals surface area contributed by atoms with E-state index in [1.165, 1.54) is 82.2 Å². The van der Waals surface area contributed by atoms with Gasteiger partial charge in [0.05, 0.1) is 0 Å². The molecule has 248 valence electrons. The minimum atomic E-state index is -0.202. The predicted octanol–water partition coefficient (Wildman–Crippen LogP) is 14.6. The minimum Gasteiger partial charge on any atom is -0.456 e. The molecule has 0 amide bonds. The van der Waals surface area contributed by atoms with E-state index < -0.39 is 0 Å². The number of benzene rings is 9. The second kappa shape index (κ2) is 10.2. The van der Waals surface area contributed by atoms with E-state index >= 15 is 0 Å². The zero-order chi connectivity index (χ0) is 35.0. The molecule has 11 aromatic rings. The molecule has 0 aliphatic heterocycles. The Balaban J connectivity index is 1.14. The van der Waals surface area contributed by atoms with Gasteiger partial charge in [0.15, 0.2) is 0 Å². The van der Waals surface area contributed by atoms with E-state index in [-0.39, 0.29) is 5.41 Å². The number of rotatable bonds is 2. The molecule has 0 fully saturated rings. The highest BCUT2D eigenvalue weighted by atomic mass is 16.3. The van der Waals surface area contributed by atoms with Gasteiger partial charge in [0.25, 0.3) is 0 Å². The van der Waals surface area contributed by atoms with Crippen molar-refractivity contribution in [2.24, 2.45) is 0 Å². The molecule has 0 spiro atoms. The van der Waals surface area contributed by atoms with Crippen LogP contribution in [0.3, 0.4) is 0 Å². The monoisotopic (exact) mass is 676 g/mol. The predicted molar refractivity (Wildman–Crippen MR) is 222 cm³/mol. The number of hydrogen-bond donors (Lipinski definition) is 0. The van der Waals surface area contributed by atoms with Crippen LogP contribution in [0, 0.1) is 0 Å². The Morgan fingerprint density at radius 1 is 0.377 bits per heavy atom. The number of hydrogen-bond acceptors (Lipinski definition) is 2. The largest absolute Gasteiger partial charge is 0.456 e. The molecule has 2 heteroatoms. The molecule has 12 rings (SSSR count). The van der Waals surface area contributed by atoms with Crippen LogP contribution in [0.25, 0.3) is 110 Å². The van der Waals surface area contributed by atoms with Crippen LogP contribution in [0.1, 0.15) is 25.0 Å². The highest BCUT2D eigenvalue weighted by Gasteiger charge is 2.37. The fraction of sp³-hybridized carbons (Fsp3) is 0.0588. The fourth-order valence-electron chi connectivity index (χ4n) is 9.69. The van der Waals surface area contributed by atoms with Crippen LogP contribution in [-0.2, 0) is 5.41 Å². The number of furan rings is 2. The molecule has 1 aliphatic rings. The van der Waals surface area contributed by atoms with Crippen molar-refractivity contribution in [3.63, 3.8) is 0 Å². The number of para-hydroxylation sites is 2. The van der Waals surface area contributed by atoms with Gasteiger partial charge in [-0.1, -0.05) is 141 Å². The summed E-state index contributed by atoms with van der Waals surface area (Å²) in [7, 11) is 0. The van der Waals surface area contributed by atoms with E-state index in [1.807, 2.05) is 6.07 Å². The van der Waals surface area contributed by atoms with Gasteiger partial charge in [0.2, 0.25) is 0 Å². The lowest BCUT2D eigenvalue weighted by Gasteiger charge is -2.23. The summed E-state index contributed by atoms with van der Waals surface area (Å²) in [6.45, 7) is 4.75. The highest BCUT2D eigenvalue weighted by Crippen LogP contribution is 2.55. The molecule has 0 saturated carbocycles. The van der Waals surface area contributed by atoms with Gasteiger partial charge in [-0.3, -0.25) is 0 Å². The lowest BCUT2D eigenvalue weighted by molar-refractivity contribution is 0.660. The van der Waals surface area contributed by atoms with Crippen molar-refractivity contribution in [2.75, 3.05) is 0 Å². The van der Waals surface area contributed by atoms with Crippen molar-refractivity contribution in [2.45, 2.75) is 19.3 Å². The van der Waals surface area contributed by atoms with Crippen LogP contribution >= 0.6 is 0 Å². The lowest BCUT2D eigenvalue weighted by atomic mass is 9.80. The third-order valence-corrected chi connectivity index (χ3v) is 12.1. The van der Waals surface area contributed by atoms with Crippen LogP contribution in [0.2, 0.25) is 0 Å². The Morgan fingerprint density at radius 3 is 1.72 bits per heavy atom.